The molecule has 1 aliphatic heterocycles. The number of aryl methyl sites for hydroxylation is 1. The SMILES string of the molecule is CSc1ccc(CN2CCCc3cc(N)ccc32)cc1. The van der Waals surface area contributed by atoms with Gasteiger partial charge >= 0.3 is 0 Å². The number of nitrogens with zero attached hydrogens (tertiary/aromatic N) is 1. The maximum absolute atomic E-state index is 5.89. The van der Waals surface area contributed by atoms with Crippen LogP contribution in [0.25, 0.3) is 0 Å². The zero-order chi connectivity index (χ0) is 13.9. The fourth-order valence-corrected chi connectivity index (χ4v) is 3.22. The number of hydrogen-bond donors (Lipinski definition) is 1. The number of anilines is 2. The lowest BCUT2D eigenvalue weighted by atomic mass is 10.0. The van der Waals surface area contributed by atoms with E-state index in [0.29, 0.717) is 0 Å². The molecule has 3 rings (SSSR count). The summed E-state index contributed by atoms with van der Waals surface area (Å²) in [6.45, 7) is 2.10. The van der Waals surface area contributed by atoms with Crippen LogP contribution < -0.4 is 10.6 Å². The molecule has 0 aliphatic carbocycles. The highest BCUT2D eigenvalue weighted by Crippen LogP contribution is 2.30. The van der Waals surface area contributed by atoms with Crippen molar-refractivity contribution in [2.24, 2.45) is 0 Å². The van der Waals surface area contributed by atoms with E-state index < -0.39 is 0 Å². The smallest absolute Gasteiger partial charge is 0.0429 e. The van der Waals surface area contributed by atoms with E-state index in [1.807, 2.05) is 6.07 Å². The predicted octanol–water partition coefficient (Wildman–Crippen LogP) is 3.94. The molecule has 1 heterocycles. The first kappa shape index (κ1) is 13.4. The lowest BCUT2D eigenvalue weighted by molar-refractivity contribution is 0.691. The molecule has 2 nitrogen and oxygen atoms in total. The van der Waals surface area contributed by atoms with Crippen LogP contribution in [0.5, 0.6) is 0 Å². The molecule has 20 heavy (non-hydrogen) atoms. The minimum atomic E-state index is 0.870. The third kappa shape index (κ3) is 2.78. The number of benzene rings is 2. The largest absolute Gasteiger partial charge is 0.399 e. The molecule has 0 atom stereocenters. The molecule has 0 saturated carbocycles. The van der Waals surface area contributed by atoms with Crippen molar-refractivity contribution in [1.82, 2.24) is 0 Å². The van der Waals surface area contributed by atoms with Gasteiger partial charge in [-0.1, -0.05) is 12.1 Å². The predicted molar refractivity (Wildman–Crippen MR) is 88.4 cm³/mol. The van der Waals surface area contributed by atoms with Crippen molar-refractivity contribution in [1.29, 1.82) is 0 Å². The van der Waals surface area contributed by atoms with Gasteiger partial charge < -0.3 is 10.6 Å². The van der Waals surface area contributed by atoms with Gasteiger partial charge in [0.2, 0.25) is 0 Å². The van der Waals surface area contributed by atoms with Gasteiger partial charge in [0.25, 0.3) is 0 Å². The van der Waals surface area contributed by atoms with Crippen LogP contribution in [-0.2, 0) is 13.0 Å². The van der Waals surface area contributed by atoms with Gasteiger partial charge in [0, 0.05) is 29.4 Å². The molecule has 3 heteroatoms. The van der Waals surface area contributed by atoms with Crippen LogP contribution in [0.1, 0.15) is 17.5 Å². The average molecular weight is 284 g/mol. The Labute approximate surface area is 125 Å². The number of rotatable bonds is 3. The second-order valence-electron chi connectivity index (χ2n) is 5.26. The highest BCUT2D eigenvalue weighted by molar-refractivity contribution is 7.98. The summed E-state index contributed by atoms with van der Waals surface area (Å²) in [5, 5.41) is 0. The molecule has 0 saturated heterocycles. The Kier molecular flexibility index (Phi) is 3.88. The Hall–Kier alpha value is -1.61. The molecular weight excluding hydrogens is 264 g/mol. The minimum absolute atomic E-state index is 0.870. The van der Waals surface area contributed by atoms with Crippen molar-refractivity contribution < 1.29 is 0 Å². The van der Waals surface area contributed by atoms with E-state index in [1.165, 1.54) is 28.1 Å². The van der Waals surface area contributed by atoms with Gasteiger partial charge in [-0.3, -0.25) is 0 Å². The van der Waals surface area contributed by atoms with Gasteiger partial charge in [-0.2, -0.15) is 0 Å². The summed E-state index contributed by atoms with van der Waals surface area (Å²) in [5.74, 6) is 0. The first-order chi connectivity index (χ1) is 9.76. The van der Waals surface area contributed by atoms with Gasteiger partial charge in [0.05, 0.1) is 0 Å². The molecular formula is C17H20N2S. The van der Waals surface area contributed by atoms with Crippen molar-refractivity contribution in [2.45, 2.75) is 24.3 Å². The zero-order valence-corrected chi connectivity index (χ0v) is 12.6. The molecule has 0 aromatic heterocycles. The molecule has 1 aliphatic rings. The topological polar surface area (TPSA) is 29.3 Å². The van der Waals surface area contributed by atoms with Crippen LogP contribution in [0.15, 0.2) is 47.4 Å². The average Bonchev–Trinajstić information content (AvgIpc) is 2.48. The van der Waals surface area contributed by atoms with E-state index in [0.717, 1.165) is 25.2 Å². The summed E-state index contributed by atoms with van der Waals surface area (Å²) in [4.78, 5) is 3.78. The molecule has 0 spiro atoms. The summed E-state index contributed by atoms with van der Waals surface area (Å²) in [5.41, 5.74) is 10.9. The normalized spacial score (nSPS) is 14.2. The molecule has 0 unspecified atom stereocenters. The van der Waals surface area contributed by atoms with E-state index in [2.05, 4.69) is 47.6 Å². The minimum Gasteiger partial charge on any atom is -0.399 e. The van der Waals surface area contributed by atoms with E-state index in [-0.39, 0.29) is 0 Å². The van der Waals surface area contributed by atoms with E-state index in [1.54, 1.807) is 11.8 Å². The number of nitrogen functional groups attached to an aromatic ring is 1. The second kappa shape index (κ2) is 5.80. The van der Waals surface area contributed by atoms with Crippen LogP contribution in [0, 0.1) is 0 Å². The fourth-order valence-electron chi connectivity index (χ4n) is 2.81. The van der Waals surface area contributed by atoms with Gasteiger partial charge in [-0.25, -0.2) is 0 Å². The maximum atomic E-state index is 5.89. The number of nitrogens with two attached hydrogens (primary N) is 1. The van der Waals surface area contributed by atoms with Crippen LogP contribution in [0.4, 0.5) is 11.4 Å². The van der Waals surface area contributed by atoms with Gasteiger partial charge in [-0.15, -0.1) is 11.8 Å². The van der Waals surface area contributed by atoms with Crippen molar-refractivity contribution in [3.8, 4) is 0 Å². The van der Waals surface area contributed by atoms with Crippen LogP contribution in [0.2, 0.25) is 0 Å². The van der Waals surface area contributed by atoms with Crippen LogP contribution in [-0.4, -0.2) is 12.8 Å². The third-order valence-electron chi connectivity index (χ3n) is 3.85. The molecule has 2 aromatic carbocycles. The monoisotopic (exact) mass is 284 g/mol. The fraction of sp³-hybridized carbons (Fsp3) is 0.294. The second-order valence-corrected chi connectivity index (χ2v) is 6.14. The maximum Gasteiger partial charge on any atom is 0.0429 e. The molecule has 104 valence electrons. The zero-order valence-electron chi connectivity index (χ0n) is 11.8. The molecule has 0 fully saturated rings. The summed E-state index contributed by atoms with van der Waals surface area (Å²) in [6.07, 6.45) is 4.46. The standard InChI is InChI=1S/C17H20N2S/c1-20-16-7-4-13(5-8-16)12-19-10-2-3-14-11-15(18)6-9-17(14)19/h4-9,11H,2-3,10,12,18H2,1H3. The molecule has 2 N–H and O–H groups in total. The van der Waals surface area contributed by atoms with E-state index in [9.17, 15) is 0 Å². The first-order valence-electron chi connectivity index (χ1n) is 7.02. The van der Waals surface area contributed by atoms with Crippen molar-refractivity contribution in [3.63, 3.8) is 0 Å². The summed E-state index contributed by atoms with van der Waals surface area (Å²) in [7, 11) is 0. The molecule has 0 bridgehead atoms. The van der Waals surface area contributed by atoms with Crippen molar-refractivity contribution in [2.75, 3.05) is 23.4 Å². The highest BCUT2D eigenvalue weighted by atomic mass is 32.2. The Balaban J connectivity index is 1.81. The van der Waals surface area contributed by atoms with E-state index >= 15 is 0 Å². The third-order valence-corrected chi connectivity index (χ3v) is 4.59. The van der Waals surface area contributed by atoms with Gasteiger partial charge in [0.1, 0.15) is 0 Å². The summed E-state index contributed by atoms with van der Waals surface area (Å²) < 4.78 is 0. The molecule has 2 aromatic rings. The molecule has 0 amide bonds. The van der Waals surface area contributed by atoms with Gasteiger partial charge in [-0.05, 0) is 60.6 Å². The van der Waals surface area contributed by atoms with Gasteiger partial charge in [0.15, 0.2) is 0 Å². The van der Waals surface area contributed by atoms with Crippen molar-refractivity contribution >= 4 is 23.1 Å². The quantitative estimate of drug-likeness (QED) is 0.683. The number of hydrogen-bond acceptors (Lipinski definition) is 3. The Bertz CT molecular complexity index is 592. The highest BCUT2D eigenvalue weighted by Gasteiger charge is 2.16. The van der Waals surface area contributed by atoms with Crippen LogP contribution >= 0.6 is 11.8 Å². The number of thioether (sulfide) groups is 1. The molecule has 0 radical (unpaired) electrons. The Morgan fingerprint density at radius 3 is 2.70 bits per heavy atom. The Morgan fingerprint density at radius 1 is 1.15 bits per heavy atom. The number of fused-ring (bicyclic) bond motifs is 1. The lowest BCUT2D eigenvalue weighted by Gasteiger charge is -2.31. The van der Waals surface area contributed by atoms with E-state index in [4.69, 9.17) is 5.73 Å². The lowest BCUT2D eigenvalue weighted by Crippen LogP contribution is -2.28. The van der Waals surface area contributed by atoms with Crippen LogP contribution in [0.3, 0.4) is 0 Å². The van der Waals surface area contributed by atoms with Crippen molar-refractivity contribution in [3.05, 3.63) is 53.6 Å². The summed E-state index contributed by atoms with van der Waals surface area (Å²) >= 11 is 1.79. The Morgan fingerprint density at radius 2 is 1.95 bits per heavy atom. The first-order valence-corrected chi connectivity index (χ1v) is 8.25. The summed E-state index contributed by atoms with van der Waals surface area (Å²) in [6, 6.07) is 15.2.